The number of carboxylic acids is 1. The number of carbonyl (C=O) groups is 2. The third kappa shape index (κ3) is 2.83. The lowest BCUT2D eigenvalue weighted by molar-refractivity contribution is 0.0696. The molecule has 0 aliphatic heterocycles. The molecule has 0 aliphatic carbocycles. The molecule has 104 valence electrons. The maximum atomic E-state index is 12.1. The van der Waals surface area contributed by atoms with E-state index < -0.39 is 5.97 Å². The lowest BCUT2D eigenvalue weighted by Crippen LogP contribution is -2.16. The van der Waals surface area contributed by atoms with Gasteiger partial charge in [-0.3, -0.25) is 4.79 Å². The van der Waals surface area contributed by atoms with Crippen molar-refractivity contribution in [1.29, 1.82) is 0 Å². The Morgan fingerprint density at radius 1 is 1.35 bits per heavy atom. The second-order valence-electron chi connectivity index (χ2n) is 4.13. The highest BCUT2D eigenvalue weighted by molar-refractivity contribution is 6.33. The molecule has 0 fully saturated rings. The van der Waals surface area contributed by atoms with Gasteiger partial charge in [0.25, 0.3) is 5.91 Å². The summed E-state index contributed by atoms with van der Waals surface area (Å²) in [7, 11) is 0. The molecule has 0 unspecified atom stereocenters. The van der Waals surface area contributed by atoms with Crippen molar-refractivity contribution in [2.45, 2.75) is 13.5 Å². The zero-order chi connectivity index (χ0) is 14.7. The third-order valence-electron chi connectivity index (χ3n) is 2.86. The van der Waals surface area contributed by atoms with Gasteiger partial charge in [0.05, 0.1) is 10.6 Å². The number of amides is 1. The van der Waals surface area contributed by atoms with Crippen molar-refractivity contribution >= 4 is 29.2 Å². The molecule has 0 aliphatic rings. The third-order valence-corrected chi connectivity index (χ3v) is 3.19. The zero-order valence-corrected chi connectivity index (χ0v) is 11.5. The summed E-state index contributed by atoms with van der Waals surface area (Å²) in [5.74, 6) is -1.43. The number of aromatic nitrogens is 1. The second-order valence-corrected chi connectivity index (χ2v) is 4.54. The number of carboxylic acid groups (broad SMARTS) is 1. The van der Waals surface area contributed by atoms with Crippen molar-refractivity contribution in [2.24, 2.45) is 0 Å². The molecular formula is C14H13ClN2O3. The quantitative estimate of drug-likeness (QED) is 0.909. The fourth-order valence-electron chi connectivity index (χ4n) is 1.86. The van der Waals surface area contributed by atoms with E-state index in [1.165, 1.54) is 12.1 Å². The first-order valence-corrected chi connectivity index (χ1v) is 6.40. The molecule has 0 saturated carbocycles. The lowest BCUT2D eigenvalue weighted by Gasteiger charge is -2.09. The molecule has 0 atom stereocenters. The molecule has 6 heteroatoms. The molecule has 1 aromatic carbocycles. The van der Waals surface area contributed by atoms with Crippen LogP contribution < -0.4 is 5.32 Å². The van der Waals surface area contributed by atoms with Crippen LogP contribution in [0.4, 0.5) is 5.69 Å². The SMILES string of the molecule is CCn1cccc1C(=O)Nc1ccc(Cl)c(C(=O)O)c1. The number of hydrogen-bond donors (Lipinski definition) is 2. The number of carbonyl (C=O) groups excluding carboxylic acids is 1. The average molecular weight is 293 g/mol. The number of halogens is 1. The molecule has 1 amide bonds. The van der Waals surface area contributed by atoms with Gasteiger partial charge >= 0.3 is 5.97 Å². The number of aryl methyl sites for hydroxylation is 1. The maximum Gasteiger partial charge on any atom is 0.337 e. The van der Waals surface area contributed by atoms with E-state index in [9.17, 15) is 9.59 Å². The van der Waals surface area contributed by atoms with Crippen LogP contribution in [0.1, 0.15) is 27.8 Å². The van der Waals surface area contributed by atoms with Crippen molar-refractivity contribution in [2.75, 3.05) is 5.32 Å². The van der Waals surface area contributed by atoms with Gasteiger partial charge in [-0.05, 0) is 37.3 Å². The van der Waals surface area contributed by atoms with Crippen LogP contribution in [0.25, 0.3) is 0 Å². The highest BCUT2D eigenvalue weighted by Crippen LogP contribution is 2.21. The summed E-state index contributed by atoms with van der Waals surface area (Å²) < 4.78 is 1.79. The van der Waals surface area contributed by atoms with Gasteiger partial charge in [0.2, 0.25) is 0 Å². The molecule has 2 N–H and O–H groups in total. The van der Waals surface area contributed by atoms with Gasteiger partial charge in [-0.2, -0.15) is 0 Å². The molecule has 0 spiro atoms. The molecule has 2 rings (SSSR count). The Morgan fingerprint density at radius 2 is 2.10 bits per heavy atom. The minimum atomic E-state index is -1.14. The summed E-state index contributed by atoms with van der Waals surface area (Å²) in [6, 6.07) is 7.82. The lowest BCUT2D eigenvalue weighted by atomic mass is 10.2. The van der Waals surface area contributed by atoms with Crippen molar-refractivity contribution in [1.82, 2.24) is 4.57 Å². The van der Waals surface area contributed by atoms with Crippen molar-refractivity contribution in [3.05, 3.63) is 52.8 Å². The highest BCUT2D eigenvalue weighted by atomic mass is 35.5. The first-order valence-electron chi connectivity index (χ1n) is 6.02. The Labute approximate surface area is 120 Å². The number of nitrogens with one attached hydrogen (secondary N) is 1. The van der Waals surface area contributed by atoms with Gasteiger partial charge in [0.15, 0.2) is 0 Å². The van der Waals surface area contributed by atoms with Crippen molar-refractivity contribution in [3.63, 3.8) is 0 Å². The minimum absolute atomic E-state index is 0.0460. The molecular weight excluding hydrogens is 280 g/mol. The van der Waals surface area contributed by atoms with Crippen LogP contribution in [0.15, 0.2) is 36.5 Å². The van der Waals surface area contributed by atoms with Crippen LogP contribution in [0.5, 0.6) is 0 Å². The summed E-state index contributed by atoms with van der Waals surface area (Å²) >= 11 is 5.78. The Bertz CT molecular complexity index is 664. The molecule has 0 saturated heterocycles. The van der Waals surface area contributed by atoms with E-state index in [0.29, 0.717) is 17.9 Å². The van der Waals surface area contributed by atoms with Gasteiger partial charge in [-0.15, -0.1) is 0 Å². The standard InChI is InChI=1S/C14H13ClN2O3/c1-2-17-7-3-4-12(17)13(18)16-9-5-6-11(15)10(8-9)14(19)20/h3-8H,2H2,1H3,(H,16,18)(H,19,20). The number of benzene rings is 1. The molecule has 2 aromatic rings. The number of anilines is 1. The highest BCUT2D eigenvalue weighted by Gasteiger charge is 2.13. The second kappa shape index (κ2) is 5.79. The molecule has 1 aromatic heterocycles. The smallest absolute Gasteiger partial charge is 0.337 e. The van der Waals surface area contributed by atoms with Gasteiger partial charge in [-0.1, -0.05) is 11.6 Å². The van der Waals surface area contributed by atoms with Gasteiger partial charge in [0.1, 0.15) is 5.69 Å². The van der Waals surface area contributed by atoms with E-state index in [1.807, 2.05) is 6.92 Å². The molecule has 20 heavy (non-hydrogen) atoms. The largest absolute Gasteiger partial charge is 0.478 e. The summed E-state index contributed by atoms with van der Waals surface area (Å²) in [4.78, 5) is 23.1. The summed E-state index contributed by atoms with van der Waals surface area (Å²) in [6.45, 7) is 2.61. The Hall–Kier alpha value is -2.27. The molecule has 0 bridgehead atoms. The van der Waals surface area contributed by atoms with Crippen LogP contribution in [0.3, 0.4) is 0 Å². The molecule has 0 radical (unpaired) electrons. The first kappa shape index (κ1) is 14.1. The minimum Gasteiger partial charge on any atom is -0.478 e. The predicted molar refractivity (Wildman–Crippen MR) is 76.5 cm³/mol. The number of aromatic carboxylic acids is 1. The van der Waals surface area contributed by atoms with Crippen LogP contribution in [0, 0.1) is 0 Å². The van der Waals surface area contributed by atoms with E-state index in [-0.39, 0.29) is 16.5 Å². The van der Waals surface area contributed by atoms with E-state index in [4.69, 9.17) is 16.7 Å². The average Bonchev–Trinajstić information content (AvgIpc) is 2.89. The van der Waals surface area contributed by atoms with E-state index in [2.05, 4.69) is 5.32 Å². The zero-order valence-electron chi connectivity index (χ0n) is 10.8. The van der Waals surface area contributed by atoms with Gasteiger partial charge < -0.3 is 15.0 Å². The van der Waals surface area contributed by atoms with E-state index in [0.717, 1.165) is 0 Å². The molecule has 5 nitrogen and oxygen atoms in total. The Balaban J connectivity index is 2.24. The predicted octanol–water partition coefficient (Wildman–Crippen LogP) is 3.11. The number of nitrogens with zero attached hydrogens (tertiary/aromatic N) is 1. The first-order chi connectivity index (χ1) is 9.52. The normalized spacial score (nSPS) is 10.3. The van der Waals surface area contributed by atoms with Gasteiger partial charge in [-0.25, -0.2) is 4.79 Å². The van der Waals surface area contributed by atoms with Crippen LogP contribution in [-0.4, -0.2) is 21.6 Å². The topological polar surface area (TPSA) is 71.3 Å². The van der Waals surface area contributed by atoms with Crippen LogP contribution in [0.2, 0.25) is 5.02 Å². The fraction of sp³-hybridized carbons (Fsp3) is 0.143. The van der Waals surface area contributed by atoms with E-state index in [1.54, 1.807) is 29.0 Å². The number of rotatable bonds is 4. The van der Waals surface area contributed by atoms with Crippen molar-refractivity contribution < 1.29 is 14.7 Å². The summed E-state index contributed by atoms with van der Waals surface area (Å²) in [5.41, 5.74) is 0.857. The van der Waals surface area contributed by atoms with Crippen LogP contribution >= 0.6 is 11.6 Å². The van der Waals surface area contributed by atoms with Crippen molar-refractivity contribution in [3.8, 4) is 0 Å². The Morgan fingerprint density at radius 3 is 2.75 bits per heavy atom. The number of hydrogen-bond acceptors (Lipinski definition) is 2. The Kier molecular flexibility index (Phi) is 4.10. The monoisotopic (exact) mass is 292 g/mol. The van der Waals surface area contributed by atoms with Gasteiger partial charge in [0, 0.05) is 18.4 Å². The summed E-state index contributed by atoms with van der Waals surface area (Å²) in [6.07, 6.45) is 1.81. The fourth-order valence-corrected chi connectivity index (χ4v) is 2.06. The molecule has 1 heterocycles. The van der Waals surface area contributed by atoms with Crippen LogP contribution in [-0.2, 0) is 6.54 Å². The summed E-state index contributed by atoms with van der Waals surface area (Å²) in [5, 5.41) is 11.8. The maximum absolute atomic E-state index is 12.1. The van der Waals surface area contributed by atoms with E-state index >= 15 is 0 Å².